The van der Waals surface area contributed by atoms with Crippen LogP contribution in [0, 0.1) is 0 Å². The van der Waals surface area contributed by atoms with E-state index in [0.29, 0.717) is 6.10 Å². The minimum Gasteiger partial charge on any atom is -0.383 e. The summed E-state index contributed by atoms with van der Waals surface area (Å²) in [5.41, 5.74) is -1.11. The Bertz CT molecular complexity index is 210. The van der Waals surface area contributed by atoms with Crippen molar-refractivity contribution in [3.8, 4) is 0 Å². The maximum atomic E-state index is 10.0. The highest BCUT2D eigenvalue weighted by Gasteiger charge is 2.65. The Morgan fingerprint density at radius 1 is 1.67 bits per heavy atom. The molecule has 1 aliphatic carbocycles. The molecule has 0 unspecified atom stereocenters. The quantitative estimate of drug-likeness (QED) is 0.502. The van der Waals surface area contributed by atoms with Crippen LogP contribution in [0.3, 0.4) is 0 Å². The third-order valence-corrected chi connectivity index (χ3v) is 3.33. The van der Waals surface area contributed by atoms with Crippen LogP contribution in [-0.4, -0.2) is 22.4 Å². The highest BCUT2D eigenvalue weighted by molar-refractivity contribution is 5.20. The summed E-state index contributed by atoms with van der Waals surface area (Å²) in [6.07, 6.45) is 6.39. The lowest BCUT2D eigenvalue weighted by Crippen LogP contribution is -2.43. The van der Waals surface area contributed by atoms with E-state index in [2.05, 4.69) is 6.58 Å². The first kappa shape index (κ1) is 8.27. The second-order valence-corrected chi connectivity index (χ2v) is 4.09. The molecule has 0 aromatic rings. The van der Waals surface area contributed by atoms with E-state index in [-0.39, 0.29) is 5.60 Å². The smallest absolute Gasteiger partial charge is 0.127 e. The fourth-order valence-electron chi connectivity index (χ4n) is 2.32. The topological polar surface area (TPSA) is 32.8 Å². The predicted molar refractivity (Wildman–Crippen MR) is 46.9 cm³/mol. The number of rotatable bonds is 2. The molecule has 0 spiro atoms. The molecule has 0 radical (unpaired) electrons. The van der Waals surface area contributed by atoms with Crippen molar-refractivity contribution in [3.05, 3.63) is 12.7 Å². The summed E-state index contributed by atoms with van der Waals surface area (Å²) in [5, 5.41) is 10.0. The van der Waals surface area contributed by atoms with Gasteiger partial charge in [0.2, 0.25) is 0 Å². The molecule has 0 amide bonds. The third kappa shape index (κ3) is 0.882. The van der Waals surface area contributed by atoms with Gasteiger partial charge >= 0.3 is 0 Å². The van der Waals surface area contributed by atoms with E-state index < -0.39 is 5.60 Å². The maximum absolute atomic E-state index is 10.0. The molecule has 1 aliphatic heterocycles. The molecule has 2 fully saturated rings. The molecule has 1 saturated carbocycles. The minimum absolute atomic E-state index is 0.271. The second kappa shape index (κ2) is 2.33. The van der Waals surface area contributed by atoms with E-state index in [1.165, 1.54) is 12.8 Å². The monoisotopic (exact) mass is 168 g/mol. The molecule has 68 valence electrons. The van der Waals surface area contributed by atoms with Gasteiger partial charge in [0.1, 0.15) is 11.2 Å². The molecule has 12 heavy (non-hydrogen) atoms. The van der Waals surface area contributed by atoms with Crippen molar-refractivity contribution in [1.29, 1.82) is 0 Å². The van der Waals surface area contributed by atoms with Gasteiger partial charge in [-0.3, -0.25) is 0 Å². The SMILES string of the molecule is C=C[C@](C)(O)[C@@]12CCCC[C@@H]1O2. The van der Waals surface area contributed by atoms with Crippen molar-refractivity contribution >= 4 is 0 Å². The largest absolute Gasteiger partial charge is 0.383 e. The number of epoxide rings is 1. The van der Waals surface area contributed by atoms with Gasteiger partial charge in [-0.2, -0.15) is 0 Å². The Kier molecular flexibility index (Phi) is 1.61. The Morgan fingerprint density at radius 3 is 3.00 bits per heavy atom. The normalized spacial score (nSPS) is 44.3. The summed E-state index contributed by atoms with van der Waals surface area (Å²) in [4.78, 5) is 0. The fourth-order valence-corrected chi connectivity index (χ4v) is 2.32. The van der Waals surface area contributed by atoms with E-state index in [0.717, 1.165) is 12.8 Å². The molecule has 1 N–H and O–H groups in total. The molecule has 1 saturated heterocycles. The van der Waals surface area contributed by atoms with Gasteiger partial charge in [-0.15, -0.1) is 6.58 Å². The molecular formula is C10H16O2. The molecule has 2 rings (SSSR count). The Hall–Kier alpha value is -0.340. The van der Waals surface area contributed by atoms with Gasteiger partial charge in [0.25, 0.3) is 0 Å². The van der Waals surface area contributed by atoms with Crippen molar-refractivity contribution < 1.29 is 9.84 Å². The Morgan fingerprint density at radius 2 is 2.42 bits per heavy atom. The van der Waals surface area contributed by atoms with Crippen LogP contribution in [0.15, 0.2) is 12.7 Å². The number of hydrogen-bond donors (Lipinski definition) is 1. The van der Waals surface area contributed by atoms with E-state index in [9.17, 15) is 5.11 Å². The third-order valence-electron chi connectivity index (χ3n) is 3.33. The maximum Gasteiger partial charge on any atom is 0.127 e. The summed E-state index contributed by atoms with van der Waals surface area (Å²) in [6.45, 7) is 5.45. The molecular weight excluding hydrogens is 152 g/mol. The number of hydrogen-bond acceptors (Lipinski definition) is 2. The van der Waals surface area contributed by atoms with Crippen LogP contribution in [0.25, 0.3) is 0 Å². The zero-order valence-corrected chi connectivity index (χ0v) is 7.55. The van der Waals surface area contributed by atoms with Crippen LogP contribution in [0.5, 0.6) is 0 Å². The van der Waals surface area contributed by atoms with Gasteiger partial charge in [0.15, 0.2) is 0 Å². The molecule has 0 aromatic heterocycles. The van der Waals surface area contributed by atoms with E-state index >= 15 is 0 Å². The number of fused-ring (bicyclic) bond motifs is 1. The second-order valence-electron chi connectivity index (χ2n) is 4.09. The Balaban J connectivity index is 2.17. The van der Waals surface area contributed by atoms with Crippen molar-refractivity contribution in [3.63, 3.8) is 0 Å². The fraction of sp³-hybridized carbons (Fsp3) is 0.800. The molecule has 2 heteroatoms. The highest BCUT2D eigenvalue weighted by Crippen LogP contribution is 2.54. The summed E-state index contributed by atoms with van der Waals surface area (Å²) in [6, 6.07) is 0. The molecule has 0 bridgehead atoms. The van der Waals surface area contributed by atoms with Crippen LogP contribution in [0.2, 0.25) is 0 Å². The first-order valence-corrected chi connectivity index (χ1v) is 4.66. The van der Waals surface area contributed by atoms with Crippen molar-refractivity contribution in [2.75, 3.05) is 0 Å². The molecule has 2 nitrogen and oxygen atoms in total. The predicted octanol–water partition coefficient (Wildman–Crippen LogP) is 1.64. The van der Waals surface area contributed by atoms with Crippen molar-refractivity contribution in [1.82, 2.24) is 0 Å². The zero-order valence-electron chi connectivity index (χ0n) is 7.55. The zero-order chi connectivity index (χ0) is 8.82. The summed E-state index contributed by atoms with van der Waals surface area (Å²) < 4.78 is 5.60. The number of aliphatic hydroxyl groups is 1. The van der Waals surface area contributed by atoms with Crippen LogP contribution in [0.1, 0.15) is 32.6 Å². The standard InChI is InChI=1S/C10H16O2/c1-3-9(2,11)10-7-5-4-6-8(10)12-10/h3,8,11H,1,4-7H2,2H3/t8-,9-,10+/m0/s1. The first-order chi connectivity index (χ1) is 5.62. The average molecular weight is 168 g/mol. The van der Waals surface area contributed by atoms with Crippen molar-refractivity contribution in [2.45, 2.75) is 49.9 Å². The molecule has 3 atom stereocenters. The van der Waals surface area contributed by atoms with Gasteiger partial charge in [-0.05, 0) is 19.8 Å². The van der Waals surface area contributed by atoms with Gasteiger partial charge in [0.05, 0.1) is 6.10 Å². The van der Waals surface area contributed by atoms with E-state index in [4.69, 9.17) is 4.74 Å². The lowest BCUT2D eigenvalue weighted by Gasteiger charge is -2.29. The first-order valence-electron chi connectivity index (χ1n) is 4.66. The Labute approximate surface area is 73.2 Å². The summed E-state index contributed by atoms with van der Waals surface area (Å²) >= 11 is 0. The molecule has 1 heterocycles. The summed E-state index contributed by atoms with van der Waals surface area (Å²) in [5.74, 6) is 0. The van der Waals surface area contributed by atoms with Crippen molar-refractivity contribution in [2.24, 2.45) is 0 Å². The van der Waals surface area contributed by atoms with Gasteiger partial charge < -0.3 is 9.84 Å². The van der Waals surface area contributed by atoms with Crippen LogP contribution < -0.4 is 0 Å². The summed E-state index contributed by atoms with van der Waals surface area (Å²) in [7, 11) is 0. The highest BCUT2D eigenvalue weighted by atomic mass is 16.6. The number of ether oxygens (including phenoxy) is 1. The van der Waals surface area contributed by atoms with Gasteiger partial charge in [-0.1, -0.05) is 18.9 Å². The lowest BCUT2D eigenvalue weighted by atomic mass is 9.77. The van der Waals surface area contributed by atoms with Crippen LogP contribution in [0.4, 0.5) is 0 Å². The average Bonchev–Trinajstić information content (AvgIpc) is 2.79. The van der Waals surface area contributed by atoms with Crippen LogP contribution in [-0.2, 0) is 4.74 Å². The lowest BCUT2D eigenvalue weighted by molar-refractivity contribution is 0.0138. The molecule has 2 aliphatic rings. The van der Waals surface area contributed by atoms with E-state index in [1.807, 2.05) is 0 Å². The van der Waals surface area contributed by atoms with E-state index in [1.54, 1.807) is 13.0 Å². The van der Waals surface area contributed by atoms with Gasteiger partial charge in [-0.25, -0.2) is 0 Å². The minimum atomic E-state index is -0.835. The van der Waals surface area contributed by atoms with Gasteiger partial charge in [0, 0.05) is 0 Å². The molecule has 0 aromatic carbocycles. The van der Waals surface area contributed by atoms with Crippen LogP contribution >= 0.6 is 0 Å².